The van der Waals surface area contributed by atoms with Crippen LogP contribution in [0.5, 0.6) is 0 Å². The Hall–Kier alpha value is -3.46. The molecule has 0 saturated carbocycles. The summed E-state index contributed by atoms with van der Waals surface area (Å²) in [5.74, 6) is -1.11. The number of rotatable bonds is 7. The van der Waals surface area contributed by atoms with Gasteiger partial charge in [0.1, 0.15) is 5.03 Å². The third-order valence-electron chi connectivity index (χ3n) is 3.95. The number of hydrogen-bond acceptors (Lipinski definition) is 7. The van der Waals surface area contributed by atoms with E-state index < -0.39 is 18.5 Å². The van der Waals surface area contributed by atoms with Gasteiger partial charge in [-0.05, 0) is 36.4 Å². The Bertz CT molecular complexity index is 1070. The average molecular weight is 424 g/mol. The molecule has 0 unspecified atom stereocenters. The van der Waals surface area contributed by atoms with Gasteiger partial charge in [0, 0.05) is 25.3 Å². The van der Waals surface area contributed by atoms with Crippen molar-refractivity contribution in [2.45, 2.75) is 5.03 Å². The SMILES string of the molecule is CN(C)C(=O)c1ccc(NC(=O)COC(=O)CSc2cnc3ccccc3n2)cc1. The van der Waals surface area contributed by atoms with Crippen LogP contribution in [0.15, 0.2) is 59.8 Å². The molecule has 0 aliphatic heterocycles. The average Bonchev–Trinajstić information content (AvgIpc) is 2.76. The molecular formula is C21H20N4O4S. The number of fused-ring (bicyclic) bond motifs is 1. The molecule has 3 aromatic rings. The summed E-state index contributed by atoms with van der Waals surface area (Å²) in [6.45, 7) is -0.402. The smallest absolute Gasteiger partial charge is 0.316 e. The molecule has 0 aliphatic rings. The number of thioether (sulfide) groups is 1. The lowest BCUT2D eigenvalue weighted by Crippen LogP contribution is -2.22. The van der Waals surface area contributed by atoms with Crippen LogP contribution >= 0.6 is 11.8 Å². The van der Waals surface area contributed by atoms with E-state index in [0.29, 0.717) is 16.3 Å². The van der Waals surface area contributed by atoms with E-state index in [-0.39, 0.29) is 11.7 Å². The van der Waals surface area contributed by atoms with Crippen molar-refractivity contribution in [2.75, 3.05) is 31.8 Å². The second kappa shape index (κ2) is 9.84. The Morgan fingerprint density at radius 1 is 1.03 bits per heavy atom. The second-order valence-corrected chi connectivity index (χ2v) is 7.47. The highest BCUT2D eigenvalue weighted by Crippen LogP contribution is 2.18. The van der Waals surface area contributed by atoms with Crippen molar-refractivity contribution in [1.29, 1.82) is 0 Å². The van der Waals surface area contributed by atoms with Gasteiger partial charge in [0.15, 0.2) is 6.61 Å². The summed E-state index contributed by atoms with van der Waals surface area (Å²) in [7, 11) is 3.33. The summed E-state index contributed by atoms with van der Waals surface area (Å²) in [4.78, 5) is 45.9. The number of para-hydroxylation sites is 2. The zero-order chi connectivity index (χ0) is 21.5. The fourth-order valence-electron chi connectivity index (χ4n) is 2.48. The van der Waals surface area contributed by atoms with Crippen molar-refractivity contribution in [3.63, 3.8) is 0 Å². The minimum Gasteiger partial charge on any atom is -0.455 e. The number of esters is 1. The Morgan fingerprint density at radius 3 is 2.43 bits per heavy atom. The fourth-order valence-corrected chi connectivity index (χ4v) is 3.12. The van der Waals surface area contributed by atoms with E-state index >= 15 is 0 Å². The number of amides is 2. The summed E-state index contributed by atoms with van der Waals surface area (Å²) in [6, 6.07) is 13.9. The number of aromatic nitrogens is 2. The van der Waals surface area contributed by atoms with Crippen LogP contribution in [0.1, 0.15) is 10.4 Å². The molecule has 0 bridgehead atoms. The molecule has 2 amide bonds. The topological polar surface area (TPSA) is 101 Å². The van der Waals surface area contributed by atoms with Crippen molar-refractivity contribution in [3.05, 3.63) is 60.3 Å². The van der Waals surface area contributed by atoms with Crippen LogP contribution in [0.4, 0.5) is 5.69 Å². The van der Waals surface area contributed by atoms with E-state index in [1.54, 1.807) is 44.6 Å². The van der Waals surface area contributed by atoms with Crippen LogP contribution in [0, 0.1) is 0 Å². The molecule has 9 heteroatoms. The number of nitrogens with one attached hydrogen (secondary N) is 1. The number of ether oxygens (including phenoxy) is 1. The number of hydrogen-bond donors (Lipinski definition) is 1. The van der Waals surface area contributed by atoms with Crippen molar-refractivity contribution in [2.24, 2.45) is 0 Å². The lowest BCUT2D eigenvalue weighted by molar-refractivity contribution is -0.144. The van der Waals surface area contributed by atoms with Gasteiger partial charge in [-0.1, -0.05) is 23.9 Å². The van der Waals surface area contributed by atoms with Gasteiger partial charge in [0.05, 0.1) is 23.0 Å². The highest BCUT2D eigenvalue weighted by Gasteiger charge is 2.11. The predicted molar refractivity (Wildman–Crippen MR) is 114 cm³/mol. The maximum Gasteiger partial charge on any atom is 0.316 e. The van der Waals surface area contributed by atoms with Crippen molar-refractivity contribution >= 4 is 46.3 Å². The summed E-state index contributed by atoms with van der Waals surface area (Å²) in [5.41, 5.74) is 2.54. The summed E-state index contributed by atoms with van der Waals surface area (Å²) >= 11 is 1.19. The predicted octanol–water partition coefficient (Wildman–Crippen LogP) is 2.61. The molecule has 3 rings (SSSR count). The Morgan fingerprint density at radius 2 is 1.73 bits per heavy atom. The van der Waals surface area contributed by atoms with Crippen LogP contribution in [0.3, 0.4) is 0 Å². The minimum absolute atomic E-state index is 0.0155. The molecule has 0 atom stereocenters. The number of benzene rings is 2. The molecular weight excluding hydrogens is 404 g/mol. The van der Waals surface area contributed by atoms with Crippen molar-refractivity contribution in [1.82, 2.24) is 14.9 Å². The monoisotopic (exact) mass is 424 g/mol. The van der Waals surface area contributed by atoms with E-state index in [9.17, 15) is 14.4 Å². The molecule has 0 saturated heterocycles. The summed E-state index contributed by atoms with van der Waals surface area (Å²) in [5, 5.41) is 3.22. The lowest BCUT2D eigenvalue weighted by atomic mass is 10.2. The first-order valence-corrected chi connectivity index (χ1v) is 10.0. The van der Waals surface area contributed by atoms with Crippen LogP contribution in [-0.2, 0) is 14.3 Å². The van der Waals surface area contributed by atoms with Gasteiger partial charge in [-0.3, -0.25) is 19.4 Å². The molecule has 2 aromatic carbocycles. The zero-order valence-electron chi connectivity index (χ0n) is 16.5. The highest BCUT2D eigenvalue weighted by atomic mass is 32.2. The van der Waals surface area contributed by atoms with Crippen LogP contribution in [0.2, 0.25) is 0 Å². The Labute approximate surface area is 177 Å². The number of anilines is 1. The molecule has 0 aliphatic carbocycles. The summed E-state index contributed by atoms with van der Waals surface area (Å²) in [6.07, 6.45) is 1.59. The summed E-state index contributed by atoms with van der Waals surface area (Å²) < 4.78 is 5.00. The quantitative estimate of drug-likeness (QED) is 0.459. The highest BCUT2D eigenvalue weighted by molar-refractivity contribution is 7.99. The maximum absolute atomic E-state index is 12.0. The molecule has 1 aromatic heterocycles. The van der Waals surface area contributed by atoms with Gasteiger partial charge < -0.3 is 15.0 Å². The lowest BCUT2D eigenvalue weighted by Gasteiger charge is -2.11. The van der Waals surface area contributed by atoms with Gasteiger partial charge in [0.25, 0.3) is 11.8 Å². The molecule has 30 heavy (non-hydrogen) atoms. The fraction of sp³-hybridized carbons (Fsp3) is 0.190. The second-order valence-electron chi connectivity index (χ2n) is 6.47. The molecule has 0 fully saturated rings. The molecule has 8 nitrogen and oxygen atoms in total. The zero-order valence-corrected chi connectivity index (χ0v) is 17.3. The third kappa shape index (κ3) is 5.77. The normalized spacial score (nSPS) is 10.5. The van der Waals surface area contributed by atoms with Crippen molar-refractivity contribution in [3.8, 4) is 0 Å². The molecule has 1 N–H and O–H groups in total. The van der Waals surface area contributed by atoms with E-state index in [1.807, 2.05) is 24.3 Å². The van der Waals surface area contributed by atoms with E-state index in [0.717, 1.165) is 11.0 Å². The van der Waals surface area contributed by atoms with Gasteiger partial charge in [-0.15, -0.1) is 0 Å². The van der Waals surface area contributed by atoms with Gasteiger partial charge in [-0.25, -0.2) is 4.98 Å². The maximum atomic E-state index is 12.0. The largest absolute Gasteiger partial charge is 0.455 e. The molecule has 0 spiro atoms. The van der Waals surface area contributed by atoms with E-state index in [2.05, 4.69) is 15.3 Å². The Balaban J connectivity index is 1.43. The Kier molecular flexibility index (Phi) is 6.97. The first-order chi connectivity index (χ1) is 14.4. The van der Waals surface area contributed by atoms with Gasteiger partial charge >= 0.3 is 5.97 Å². The standard InChI is InChI=1S/C21H20N4O4S/c1-25(2)21(28)14-7-9-15(10-8-14)23-18(26)12-29-20(27)13-30-19-11-22-16-5-3-4-6-17(16)24-19/h3-11H,12-13H2,1-2H3,(H,23,26). The van der Waals surface area contributed by atoms with Gasteiger partial charge in [0.2, 0.25) is 0 Å². The first-order valence-electron chi connectivity index (χ1n) is 9.04. The van der Waals surface area contributed by atoms with Crippen LogP contribution in [0.25, 0.3) is 11.0 Å². The molecule has 0 radical (unpaired) electrons. The first kappa shape index (κ1) is 21.3. The minimum atomic E-state index is -0.531. The number of carbonyl (C=O) groups excluding carboxylic acids is 3. The van der Waals surface area contributed by atoms with Crippen LogP contribution in [-0.4, -0.2) is 59.1 Å². The molecule has 154 valence electrons. The van der Waals surface area contributed by atoms with Gasteiger partial charge in [-0.2, -0.15) is 0 Å². The number of nitrogens with zero attached hydrogens (tertiary/aromatic N) is 3. The van der Waals surface area contributed by atoms with E-state index in [4.69, 9.17) is 4.74 Å². The van der Waals surface area contributed by atoms with Crippen LogP contribution < -0.4 is 5.32 Å². The van der Waals surface area contributed by atoms with E-state index in [1.165, 1.54) is 16.7 Å². The number of carbonyl (C=O) groups is 3. The third-order valence-corrected chi connectivity index (χ3v) is 4.82. The molecule has 1 heterocycles. The van der Waals surface area contributed by atoms with Crippen molar-refractivity contribution < 1.29 is 19.1 Å².